The molecule has 8 heteroatoms. The molecular weight excluding hydrogens is 302 g/mol. The van der Waals surface area contributed by atoms with Gasteiger partial charge < -0.3 is 24.7 Å². The van der Waals surface area contributed by atoms with Gasteiger partial charge in [-0.25, -0.2) is 0 Å². The van der Waals surface area contributed by atoms with Crippen LogP contribution in [0, 0.1) is 10.8 Å². The minimum Gasteiger partial charge on any atom is -0.367 e. The minimum absolute atomic E-state index is 0.0724. The molecule has 1 fully saturated rings. The Bertz CT molecular complexity index is 433. The number of aliphatic hydroxyl groups is 1. The fourth-order valence-corrected chi connectivity index (χ4v) is 4.93. The first-order valence-electron chi connectivity index (χ1n) is 6.35. The van der Waals surface area contributed by atoms with Crippen LogP contribution >= 0.6 is 16.0 Å². The normalized spacial score (nSPS) is 25.4. The smallest absolute Gasteiger partial charge is 0.367 e. The first-order valence-corrected chi connectivity index (χ1v) is 9.21. The minimum atomic E-state index is -5.09. The van der Waals surface area contributed by atoms with E-state index in [1.54, 1.807) is 0 Å². The van der Waals surface area contributed by atoms with Gasteiger partial charge in [0.2, 0.25) is 8.38 Å². The maximum atomic E-state index is 11.4. The highest BCUT2D eigenvalue weighted by Gasteiger charge is 2.51. The number of rotatable bonds is 3. The average molecular weight is 326 g/mol. The van der Waals surface area contributed by atoms with Crippen LogP contribution in [0.25, 0.3) is 0 Å². The summed E-state index contributed by atoms with van der Waals surface area (Å²) in [6.45, 7) is 8.16. The Hall–Kier alpha value is 0.200. The van der Waals surface area contributed by atoms with E-state index in [0.717, 1.165) is 12.5 Å². The molecule has 0 radical (unpaired) electrons. The molecule has 1 aliphatic carbocycles. The fourth-order valence-electron chi connectivity index (χ4n) is 3.35. The fraction of sp³-hybridized carbons (Fsp3) is 0.833. The molecule has 5 N–H and O–H groups in total. The lowest BCUT2D eigenvalue weighted by Crippen LogP contribution is -2.32. The lowest BCUT2D eigenvalue weighted by Gasteiger charge is -2.43. The monoisotopic (exact) mass is 326 g/mol. The molecule has 6 nitrogen and oxygen atoms in total. The Morgan fingerprint density at radius 2 is 1.55 bits per heavy atom. The summed E-state index contributed by atoms with van der Waals surface area (Å²) in [5, 5.41) is 7.12. The second-order valence-corrected chi connectivity index (χ2v) is 10.6. The zero-order valence-corrected chi connectivity index (χ0v) is 14.0. The highest BCUT2D eigenvalue weighted by atomic mass is 31.2. The first kappa shape index (κ1) is 18.2. The number of hydrogen-bond donors (Lipinski definition) is 5. The molecule has 0 amide bonds. The lowest BCUT2D eigenvalue weighted by molar-refractivity contribution is 0.147. The SMILES string of the molecule is CC1(C)CC(=CC(O)(P(O)O)P(=O)(O)O)CC(C)(C)C1. The quantitative estimate of drug-likeness (QED) is 0.401. The molecule has 0 bridgehead atoms. The van der Waals surface area contributed by atoms with Gasteiger partial charge >= 0.3 is 7.60 Å². The molecule has 1 aliphatic rings. The van der Waals surface area contributed by atoms with Crippen molar-refractivity contribution in [3.05, 3.63) is 11.6 Å². The van der Waals surface area contributed by atoms with Crippen molar-refractivity contribution in [3.8, 4) is 0 Å². The first-order chi connectivity index (χ1) is 8.69. The maximum absolute atomic E-state index is 11.4. The predicted molar refractivity (Wildman–Crippen MR) is 77.8 cm³/mol. The zero-order chi connectivity index (χ0) is 16.0. The second kappa shape index (κ2) is 5.44. The van der Waals surface area contributed by atoms with Crippen molar-refractivity contribution >= 4 is 16.0 Å². The van der Waals surface area contributed by atoms with Crippen molar-refractivity contribution in [2.45, 2.75) is 52.0 Å². The predicted octanol–water partition coefficient (Wildman–Crippen LogP) is 2.27. The van der Waals surface area contributed by atoms with Gasteiger partial charge in [-0.05, 0) is 36.2 Å². The maximum Gasteiger partial charge on any atom is 0.370 e. The third-order valence-electron chi connectivity index (χ3n) is 3.49. The third kappa shape index (κ3) is 4.11. The second-order valence-electron chi connectivity index (χ2n) is 7.18. The van der Waals surface area contributed by atoms with E-state index in [-0.39, 0.29) is 10.8 Å². The van der Waals surface area contributed by atoms with Crippen LogP contribution in [0.15, 0.2) is 11.6 Å². The summed E-state index contributed by atoms with van der Waals surface area (Å²) in [6, 6.07) is 0. The van der Waals surface area contributed by atoms with Crippen LogP contribution in [0.4, 0.5) is 0 Å². The topological polar surface area (TPSA) is 118 Å². The molecule has 118 valence electrons. The van der Waals surface area contributed by atoms with Crippen LogP contribution in [0.5, 0.6) is 0 Å². The Morgan fingerprint density at radius 3 is 1.85 bits per heavy atom. The molecule has 1 atom stereocenters. The Morgan fingerprint density at radius 1 is 1.15 bits per heavy atom. The number of allylic oxidation sites excluding steroid dienone is 1. The van der Waals surface area contributed by atoms with E-state index in [4.69, 9.17) is 0 Å². The van der Waals surface area contributed by atoms with E-state index in [0.29, 0.717) is 18.4 Å². The molecule has 0 saturated heterocycles. The molecule has 20 heavy (non-hydrogen) atoms. The Kier molecular flexibility index (Phi) is 4.96. The van der Waals surface area contributed by atoms with Gasteiger partial charge in [0.15, 0.2) is 0 Å². The molecule has 0 aromatic carbocycles. The van der Waals surface area contributed by atoms with Gasteiger partial charge in [0.25, 0.3) is 5.08 Å². The van der Waals surface area contributed by atoms with Crippen LogP contribution in [-0.2, 0) is 4.57 Å². The van der Waals surface area contributed by atoms with Crippen molar-refractivity contribution in [2.75, 3.05) is 0 Å². The van der Waals surface area contributed by atoms with Crippen molar-refractivity contribution in [3.63, 3.8) is 0 Å². The average Bonchev–Trinajstić information content (AvgIpc) is 2.09. The third-order valence-corrected chi connectivity index (χ3v) is 6.51. The summed E-state index contributed by atoms with van der Waals surface area (Å²) in [4.78, 5) is 36.9. The van der Waals surface area contributed by atoms with Crippen LogP contribution < -0.4 is 0 Å². The van der Waals surface area contributed by atoms with Gasteiger partial charge in [-0.3, -0.25) is 4.57 Å². The summed E-state index contributed by atoms with van der Waals surface area (Å²) in [5.41, 5.74) is 0.501. The van der Waals surface area contributed by atoms with Crippen LogP contribution in [-0.4, -0.2) is 29.8 Å². The van der Waals surface area contributed by atoms with E-state index in [2.05, 4.69) is 0 Å². The van der Waals surface area contributed by atoms with Gasteiger partial charge in [0.1, 0.15) is 0 Å². The lowest BCUT2D eigenvalue weighted by atomic mass is 9.63. The van der Waals surface area contributed by atoms with Crippen molar-refractivity contribution < 1.29 is 29.2 Å². The van der Waals surface area contributed by atoms with Crippen molar-refractivity contribution in [1.82, 2.24) is 0 Å². The standard InChI is InChI=1S/C12H24O6P2/c1-10(2)5-9(6-11(3,4)8-10)7-12(13,19(14)15)20(16,17)18/h7,13-15H,5-6,8H2,1-4H3,(H2,16,17,18). The zero-order valence-electron chi connectivity index (χ0n) is 12.2. The van der Waals surface area contributed by atoms with E-state index in [1.807, 2.05) is 27.7 Å². The van der Waals surface area contributed by atoms with E-state index >= 15 is 0 Å². The van der Waals surface area contributed by atoms with Gasteiger partial charge in [0, 0.05) is 0 Å². The molecular formula is C12H24O6P2. The molecule has 1 rings (SSSR count). The number of hydrogen-bond acceptors (Lipinski definition) is 4. The Labute approximate surface area is 120 Å². The van der Waals surface area contributed by atoms with Crippen molar-refractivity contribution in [2.24, 2.45) is 10.8 Å². The molecule has 0 aromatic heterocycles. The molecule has 1 unspecified atom stereocenters. The molecule has 1 saturated carbocycles. The highest BCUT2D eigenvalue weighted by molar-refractivity contribution is 7.69. The van der Waals surface area contributed by atoms with Crippen LogP contribution in [0.1, 0.15) is 47.0 Å². The highest BCUT2D eigenvalue weighted by Crippen LogP contribution is 2.65. The molecule has 0 spiro atoms. The van der Waals surface area contributed by atoms with Crippen LogP contribution in [0.3, 0.4) is 0 Å². The summed E-state index contributed by atoms with van der Waals surface area (Å²) in [6.07, 6.45) is 3.03. The van der Waals surface area contributed by atoms with Gasteiger partial charge in [0.05, 0.1) is 0 Å². The summed E-state index contributed by atoms with van der Waals surface area (Å²) in [7, 11) is -8.29. The van der Waals surface area contributed by atoms with E-state index < -0.39 is 21.1 Å². The van der Waals surface area contributed by atoms with Crippen molar-refractivity contribution in [1.29, 1.82) is 0 Å². The van der Waals surface area contributed by atoms with E-state index in [1.165, 1.54) is 0 Å². The largest absolute Gasteiger partial charge is 0.370 e. The Balaban J connectivity index is 3.23. The molecule has 0 heterocycles. The molecule has 0 aliphatic heterocycles. The van der Waals surface area contributed by atoms with Gasteiger partial charge in [-0.2, -0.15) is 0 Å². The summed E-state index contributed by atoms with van der Waals surface area (Å²) in [5.74, 6) is 0. The summed E-state index contributed by atoms with van der Waals surface area (Å²) < 4.78 is 11.4. The summed E-state index contributed by atoms with van der Waals surface area (Å²) >= 11 is 0. The van der Waals surface area contributed by atoms with Gasteiger partial charge in [-0.15, -0.1) is 0 Å². The molecule has 0 aromatic rings. The van der Waals surface area contributed by atoms with Crippen LogP contribution in [0.2, 0.25) is 0 Å². The van der Waals surface area contributed by atoms with E-state index in [9.17, 15) is 29.2 Å². The van der Waals surface area contributed by atoms with Gasteiger partial charge in [-0.1, -0.05) is 33.3 Å².